The van der Waals surface area contributed by atoms with Crippen molar-refractivity contribution in [2.45, 2.75) is 44.3 Å². The minimum Gasteiger partial charge on any atom is -0.354 e. The van der Waals surface area contributed by atoms with Crippen molar-refractivity contribution in [1.29, 1.82) is 0 Å². The molecule has 3 aliphatic heterocycles. The summed E-state index contributed by atoms with van der Waals surface area (Å²) in [5.41, 5.74) is 0.751. The molecule has 3 rings (SSSR count). The van der Waals surface area contributed by atoms with Crippen molar-refractivity contribution in [2.24, 2.45) is 9.98 Å². The monoisotopic (exact) mass is 215 g/mol. The summed E-state index contributed by atoms with van der Waals surface area (Å²) in [5, 5.41) is 0. The number of rotatable bonds is 0. The standard InChI is InChI=1S/C13H17N3/c1-11(2)5-6-12(3)13(4)10(9-15-12)14-7-8-16(11)13/h5-9H,1-4H3. The van der Waals surface area contributed by atoms with E-state index in [1.165, 1.54) is 0 Å². The van der Waals surface area contributed by atoms with Gasteiger partial charge in [0.15, 0.2) is 0 Å². The number of hydrogen-bond acceptors (Lipinski definition) is 3. The second kappa shape index (κ2) is 2.47. The fraction of sp³-hybridized carbons (Fsp3) is 0.538. The van der Waals surface area contributed by atoms with Crippen LogP contribution in [0.4, 0.5) is 0 Å². The van der Waals surface area contributed by atoms with Crippen LogP contribution in [0.1, 0.15) is 27.7 Å². The van der Waals surface area contributed by atoms with Gasteiger partial charge in [-0.05, 0) is 27.7 Å². The molecule has 3 aliphatic rings. The Morgan fingerprint density at radius 3 is 2.62 bits per heavy atom. The van der Waals surface area contributed by atoms with Crippen LogP contribution in [0.2, 0.25) is 0 Å². The predicted octanol–water partition coefficient (Wildman–Crippen LogP) is 2.16. The van der Waals surface area contributed by atoms with Crippen molar-refractivity contribution >= 4 is 11.9 Å². The van der Waals surface area contributed by atoms with Gasteiger partial charge in [-0.2, -0.15) is 0 Å². The fourth-order valence-corrected chi connectivity index (χ4v) is 2.98. The van der Waals surface area contributed by atoms with Crippen LogP contribution in [0.25, 0.3) is 0 Å². The summed E-state index contributed by atoms with van der Waals surface area (Å²) < 4.78 is 0. The first-order chi connectivity index (χ1) is 7.40. The average Bonchev–Trinajstić information content (AvgIpc) is 2.48. The third-order valence-corrected chi connectivity index (χ3v) is 4.29. The Bertz CT molecular complexity index is 470. The smallest absolute Gasteiger partial charge is 0.110 e. The molecule has 0 aromatic carbocycles. The molecule has 84 valence electrons. The summed E-state index contributed by atoms with van der Waals surface area (Å²) in [4.78, 5) is 11.5. The van der Waals surface area contributed by atoms with E-state index in [1.54, 1.807) is 0 Å². The molecule has 3 heteroatoms. The van der Waals surface area contributed by atoms with Crippen LogP contribution in [0.15, 0.2) is 34.5 Å². The fourth-order valence-electron chi connectivity index (χ4n) is 2.98. The lowest BCUT2D eigenvalue weighted by Gasteiger charge is -2.56. The van der Waals surface area contributed by atoms with Gasteiger partial charge in [-0.15, -0.1) is 0 Å². The third-order valence-electron chi connectivity index (χ3n) is 4.29. The zero-order valence-electron chi connectivity index (χ0n) is 10.2. The van der Waals surface area contributed by atoms with E-state index < -0.39 is 0 Å². The topological polar surface area (TPSA) is 28.0 Å². The van der Waals surface area contributed by atoms with E-state index in [2.05, 4.69) is 60.9 Å². The molecular formula is C13H17N3. The Labute approximate surface area is 96.3 Å². The highest BCUT2D eigenvalue weighted by Gasteiger charge is 2.58. The Hall–Kier alpha value is -1.38. The minimum absolute atomic E-state index is 0.0135. The Morgan fingerprint density at radius 2 is 1.88 bits per heavy atom. The van der Waals surface area contributed by atoms with Gasteiger partial charge in [0.05, 0.1) is 11.3 Å². The molecule has 16 heavy (non-hydrogen) atoms. The van der Waals surface area contributed by atoms with Gasteiger partial charge >= 0.3 is 0 Å². The highest BCUT2D eigenvalue weighted by molar-refractivity contribution is 6.37. The summed E-state index contributed by atoms with van der Waals surface area (Å²) in [5.74, 6) is 0. The summed E-state index contributed by atoms with van der Waals surface area (Å²) >= 11 is 0. The first kappa shape index (κ1) is 9.82. The Morgan fingerprint density at radius 1 is 1.12 bits per heavy atom. The largest absolute Gasteiger partial charge is 0.354 e. The molecule has 0 aliphatic carbocycles. The first-order valence-electron chi connectivity index (χ1n) is 5.70. The van der Waals surface area contributed by atoms with Crippen molar-refractivity contribution in [3.8, 4) is 0 Å². The zero-order valence-corrected chi connectivity index (χ0v) is 10.2. The van der Waals surface area contributed by atoms with Crippen molar-refractivity contribution in [1.82, 2.24) is 4.90 Å². The summed E-state index contributed by atoms with van der Waals surface area (Å²) in [6.07, 6.45) is 10.3. The van der Waals surface area contributed by atoms with Gasteiger partial charge in [0, 0.05) is 18.6 Å². The normalized spacial score (nSPS) is 42.2. The van der Waals surface area contributed by atoms with Crippen molar-refractivity contribution < 1.29 is 0 Å². The average molecular weight is 215 g/mol. The summed E-state index contributed by atoms with van der Waals surface area (Å²) in [7, 11) is 0. The molecule has 2 atom stereocenters. The minimum atomic E-state index is -0.188. The first-order valence-corrected chi connectivity index (χ1v) is 5.70. The molecular weight excluding hydrogens is 198 g/mol. The van der Waals surface area contributed by atoms with Crippen molar-refractivity contribution in [2.75, 3.05) is 0 Å². The van der Waals surface area contributed by atoms with Crippen LogP contribution in [0.3, 0.4) is 0 Å². The van der Waals surface area contributed by atoms with Gasteiger partial charge in [-0.25, -0.2) is 0 Å². The second-order valence-electron chi connectivity index (χ2n) is 5.65. The molecule has 0 bridgehead atoms. The Balaban J connectivity index is 2.28. The van der Waals surface area contributed by atoms with Crippen molar-refractivity contribution in [3.05, 3.63) is 24.6 Å². The summed E-state index contributed by atoms with van der Waals surface area (Å²) in [6, 6.07) is 0. The molecule has 0 aromatic heterocycles. The van der Waals surface area contributed by atoms with E-state index in [1.807, 2.05) is 12.4 Å². The van der Waals surface area contributed by atoms with Crippen LogP contribution < -0.4 is 0 Å². The Kier molecular flexibility index (Phi) is 1.52. The van der Waals surface area contributed by atoms with Gasteiger partial charge < -0.3 is 4.90 Å². The lowest BCUT2D eigenvalue weighted by molar-refractivity contribution is 0.0854. The molecule has 0 N–H and O–H groups in total. The molecule has 0 fully saturated rings. The predicted molar refractivity (Wildman–Crippen MR) is 66.9 cm³/mol. The SMILES string of the molecule is CC1(C)C=CC2(C)N=CC3=NC=CN1C32C. The van der Waals surface area contributed by atoms with Gasteiger partial charge in [-0.1, -0.05) is 12.2 Å². The molecule has 3 nitrogen and oxygen atoms in total. The van der Waals surface area contributed by atoms with Crippen LogP contribution in [-0.4, -0.2) is 33.4 Å². The molecule has 0 radical (unpaired) electrons. The van der Waals surface area contributed by atoms with Gasteiger partial charge in [0.25, 0.3) is 0 Å². The molecule has 0 aromatic rings. The van der Waals surface area contributed by atoms with E-state index in [4.69, 9.17) is 0 Å². The van der Waals surface area contributed by atoms with E-state index in [9.17, 15) is 0 Å². The van der Waals surface area contributed by atoms with Crippen LogP contribution >= 0.6 is 0 Å². The maximum atomic E-state index is 4.65. The van der Waals surface area contributed by atoms with Gasteiger partial charge in [0.2, 0.25) is 0 Å². The molecule has 0 saturated carbocycles. The molecule has 2 unspecified atom stereocenters. The maximum Gasteiger partial charge on any atom is 0.110 e. The highest BCUT2D eigenvalue weighted by atomic mass is 15.3. The molecule has 0 saturated heterocycles. The number of hydrogen-bond donors (Lipinski definition) is 0. The lowest BCUT2D eigenvalue weighted by Crippen LogP contribution is -2.68. The second-order valence-corrected chi connectivity index (χ2v) is 5.65. The van der Waals surface area contributed by atoms with Crippen molar-refractivity contribution in [3.63, 3.8) is 0 Å². The molecule has 3 heterocycles. The van der Waals surface area contributed by atoms with E-state index >= 15 is 0 Å². The van der Waals surface area contributed by atoms with Crippen LogP contribution in [-0.2, 0) is 0 Å². The van der Waals surface area contributed by atoms with E-state index in [-0.39, 0.29) is 16.6 Å². The van der Waals surface area contributed by atoms with Crippen LogP contribution in [0, 0.1) is 0 Å². The lowest BCUT2D eigenvalue weighted by atomic mass is 9.71. The molecule has 0 amide bonds. The molecule has 0 spiro atoms. The van der Waals surface area contributed by atoms with Gasteiger partial charge in [0.1, 0.15) is 11.1 Å². The van der Waals surface area contributed by atoms with Crippen LogP contribution in [0.5, 0.6) is 0 Å². The zero-order chi connectivity index (χ0) is 11.6. The van der Waals surface area contributed by atoms with E-state index in [0.29, 0.717) is 0 Å². The van der Waals surface area contributed by atoms with E-state index in [0.717, 1.165) is 5.71 Å². The summed E-state index contributed by atoms with van der Waals surface area (Å²) in [6.45, 7) is 8.84. The highest BCUT2D eigenvalue weighted by Crippen LogP contribution is 2.47. The maximum absolute atomic E-state index is 4.65. The number of nitrogens with zero attached hydrogens (tertiary/aromatic N) is 3. The number of aliphatic imine (C=N–C) groups is 2. The quantitative estimate of drug-likeness (QED) is 0.569. The third kappa shape index (κ3) is 0.856. The van der Waals surface area contributed by atoms with Gasteiger partial charge in [-0.3, -0.25) is 9.98 Å².